The standard InChI is InChI=1S/2C5H12O2/c1-5(7)3-2-4-6;1-2-3-5(7)4-6/h2*5-7H,2-4H2,1H3. The molecule has 0 aromatic carbocycles. The number of hydrogen-bond donors (Lipinski definition) is 4. The molecule has 4 N–H and O–H groups in total. The first-order valence-corrected chi connectivity index (χ1v) is 5.16. The predicted octanol–water partition coefficient (Wildman–Crippen LogP) is 0.279. The molecule has 0 aromatic heterocycles. The summed E-state index contributed by atoms with van der Waals surface area (Å²) in [6, 6.07) is 0. The van der Waals surface area contributed by atoms with E-state index >= 15 is 0 Å². The highest BCUT2D eigenvalue weighted by Crippen LogP contribution is 1.92. The fourth-order valence-electron chi connectivity index (χ4n) is 0.811. The maximum absolute atomic E-state index is 8.61. The first-order chi connectivity index (χ1) is 6.58. The summed E-state index contributed by atoms with van der Waals surface area (Å²) in [6.07, 6.45) is 2.30. The molecule has 4 nitrogen and oxygen atoms in total. The van der Waals surface area contributed by atoms with E-state index in [0.717, 1.165) is 6.42 Å². The molecule has 2 atom stereocenters. The van der Waals surface area contributed by atoms with E-state index in [2.05, 4.69) is 0 Å². The maximum atomic E-state index is 8.61. The summed E-state index contributed by atoms with van der Waals surface area (Å²) in [4.78, 5) is 0. The van der Waals surface area contributed by atoms with Gasteiger partial charge in [-0.3, -0.25) is 0 Å². The second kappa shape index (κ2) is 12.8. The van der Waals surface area contributed by atoms with Gasteiger partial charge in [-0.25, -0.2) is 0 Å². The van der Waals surface area contributed by atoms with Crippen molar-refractivity contribution in [2.75, 3.05) is 13.2 Å². The van der Waals surface area contributed by atoms with Gasteiger partial charge in [0.25, 0.3) is 0 Å². The first kappa shape index (κ1) is 16.3. The minimum Gasteiger partial charge on any atom is -0.396 e. The molecule has 0 fully saturated rings. The SMILES string of the molecule is CC(O)CCCO.CCCC(O)CO. The molecule has 0 aliphatic carbocycles. The van der Waals surface area contributed by atoms with Gasteiger partial charge in [0.05, 0.1) is 18.8 Å². The summed E-state index contributed by atoms with van der Waals surface area (Å²) in [6.45, 7) is 3.77. The van der Waals surface area contributed by atoms with Gasteiger partial charge in [0.15, 0.2) is 0 Å². The molecule has 0 radical (unpaired) electrons. The van der Waals surface area contributed by atoms with Crippen LogP contribution in [0.25, 0.3) is 0 Å². The molecule has 0 bridgehead atoms. The van der Waals surface area contributed by atoms with Gasteiger partial charge in [-0.1, -0.05) is 13.3 Å². The average molecular weight is 208 g/mol. The Morgan fingerprint density at radius 1 is 1.07 bits per heavy atom. The lowest BCUT2D eigenvalue weighted by molar-refractivity contribution is 0.0877. The van der Waals surface area contributed by atoms with Crippen molar-refractivity contribution in [1.29, 1.82) is 0 Å². The first-order valence-electron chi connectivity index (χ1n) is 5.16. The van der Waals surface area contributed by atoms with Crippen LogP contribution in [0.15, 0.2) is 0 Å². The maximum Gasteiger partial charge on any atom is 0.0770 e. The Morgan fingerprint density at radius 2 is 1.64 bits per heavy atom. The van der Waals surface area contributed by atoms with Crippen molar-refractivity contribution in [3.05, 3.63) is 0 Å². The summed E-state index contributed by atoms with van der Waals surface area (Å²) in [7, 11) is 0. The molecule has 14 heavy (non-hydrogen) atoms. The zero-order chi connectivity index (χ0) is 11.4. The van der Waals surface area contributed by atoms with Crippen LogP contribution in [-0.4, -0.2) is 45.8 Å². The third-order valence-electron chi connectivity index (χ3n) is 1.61. The van der Waals surface area contributed by atoms with Crippen LogP contribution >= 0.6 is 0 Å². The molecular weight excluding hydrogens is 184 g/mol. The van der Waals surface area contributed by atoms with E-state index in [0.29, 0.717) is 19.3 Å². The van der Waals surface area contributed by atoms with E-state index < -0.39 is 6.10 Å². The Labute approximate surface area is 86.2 Å². The third kappa shape index (κ3) is 17.8. The fraction of sp³-hybridized carbons (Fsp3) is 1.00. The second-order valence-corrected chi connectivity index (χ2v) is 3.34. The van der Waals surface area contributed by atoms with Gasteiger partial charge in [0.1, 0.15) is 0 Å². The molecule has 4 heteroatoms. The third-order valence-corrected chi connectivity index (χ3v) is 1.61. The minimum atomic E-state index is -0.495. The lowest BCUT2D eigenvalue weighted by Gasteiger charge is -2.01. The van der Waals surface area contributed by atoms with Gasteiger partial charge >= 0.3 is 0 Å². The molecule has 0 heterocycles. The fourth-order valence-corrected chi connectivity index (χ4v) is 0.811. The lowest BCUT2D eigenvalue weighted by Crippen LogP contribution is -2.10. The average Bonchev–Trinajstić information content (AvgIpc) is 2.16. The zero-order valence-corrected chi connectivity index (χ0v) is 9.19. The van der Waals surface area contributed by atoms with Crippen LogP contribution in [0.4, 0.5) is 0 Å². The lowest BCUT2D eigenvalue weighted by atomic mass is 10.2. The van der Waals surface area contributed by atoms with Crippen molar-refractivity contribution in [2.45, 2.75) is 51.7 Å². The topological polar surface area (TPSA) is 80.9 Å². The van der Waals surface area contributed by atoms with Gasteiger partial charge in [-0.2, -0.15) is 0 Å². The quantitative estimate of drug-likeness (QED) is 0.505. The van der Waals surface area contributed by atoms with Crippen molar-refractivity contribution in [3.63, 3.8) is 0 Å². The van der Waals surface area contributed by atoms with Gasteiger partial charge in [0.2, 0.25) is 0 Å². The highest BCUT2D eigenvalue weighted by molar-refractivity contribution is 4.48. The van der Waals surface area contributed by atoms with Crippen molar-refractivity contribution in [2.24, 2.45) is 0 Å². The van der Waals surface area contributed by atoms with Crippen LogP contribution in [0.3, 0.4) is 0 Å². The van der Waals surface area contributed by atoms with Gasteiger partial charge in [-0.15, -0.1) is 0 Å². The Bertz CT molecular complexity index is 96.1. The zero-order valence-electron chi connectivity index (χ0n) is 9.19. The van der Waals surface area contributed by atoms with E-state index in [-0.39, 0.29) is 19.3 Å². The molecule has 0 aromatic rings. The predicted molar refractivity (Wildman–Crippen MR) is 56.0 cm³/mol. The summed E-state index contributed by atoms with van der Waals surface area (Å²) < 4.78 is 0. The number of aliphatic hydroxyl groups excluding tert-OH is 4. The van der Waals surface area contributed by atoms with E-state index in [4.69, 9.17) is 20.4 Å². The molecule has 0 spiro atoms. The van der Waals surface area contributed by atoms with Crippen LogP contribution < -0.4 is 0 Å². The number of rotatable bonds is 6. The molecule has 88 valence electrons. The summed E-state index contributed by atoms with van der Waals surface area (Å²) >= 11 is 0. The Morgan fingerprint density at radius 3 is 1.79 bits per heavy atom. The highest BCUT2D eigenvalue weighted by Gasteiger charge is 1.96. The largest absolute Gasteiger partial charge is 0.396 e. The molecule has 0 aliphatic heterocycles. The molecule has 2 unspecified atom stereocenters. The second-order valence-electron chi connectivity index (χ2n) is 3.34. The summed E-state index contributed by atoms with van der Waals surface area (Å²) in [5, 5.41) is 33.6. The number of hydrogen-bond acceptors (Lipinski definition) is 4. The van der Waals surface area contributed by atoms with Crippen LogP contribution in [0.1, 0.15) is 39.5 Å². The van der Waals surface area contributed by atoms with Crippen LogP contribution in [-0.2, 0) is 0 Å². The molecule has 0 saturated heterocycles. The van der Waals surface area contributed by atoms with Crippen LogP contribution in [0, 0.1) is 0 Å². The Hall–Kier alpha value is -0.160. The van der Waals surface area contributed by atoms with Gasteiger partial charge in [-0.05, 0) is 26.2 Å². The monoisotopic (exact) mass is 208 g/mol. The van der Waals surface area contributed by atoms with E-state index in [1.807, 2.05) is 6.92 Å². The van der Waals surface area contributed by atoms with E-state index in [1.54, 1.807) is 6.92 Å². The highest BCUT2D eigenvalue weighted by atomic mass is 16.3. The van der Waals surface area contributed by atoms with Crippen molar-refractivity contribution in [3.8, 4) is 0 Å². The van der Waals surface area contributed by atoms with Gasteiger partial charge < -0.3 is 20.4 Å². The van der Waals surface area contributed by atoms with Crippen molar-refractivity contribution < 1.29 is 20.4 Å². The van der Waals surface area contributed by atoms with Crippen molar-refractivity contribution in [1.82, 2.24) is 0 Å². The number of aliphatic hydroxyl groups is 4. The van der Waals surface area contributed by atoms with Gasteiger partial charge in [0, 0.05) is 6.61 Å². The van der Waals surface area contributed by atoms with Crippen LogP contribution in [0.2, 0.25) is 0 Å². The minimum absolute atomic E-state index is 0.103. The molecular formula is C10H24O4. The smallest absolute Gasteiger partial charge is 0.0770 e. The Balaban J connectivity index is 0. The molecule has 0 rings (SSSR count). The molecule has 0 aliphatic rings. The van der Waals surface area contributed by atoms with E-state index in [1.165, 1.54) is 0 Å². The Kier molecular flexibility index (Phi) is 14.9. The normalized spacial score (nSPS) is 14.1. The molecule has 0 saturated carbocycles. The molecule has 0 amide bonds. The van der Waals surface area contributed by atoms with E-state index in [9.17, 15) is 0 Å². The van der Waals surface area contributed by atoms with Crippen molar-refractivity contribution >= 4 is 0 Å². The van der Waals surface area contributed by atoms with Crippen LogP contribution in [0.5, 0.6) is 0 Å². The summed E-state index contributed by atoms with van der Waals surface area (Å²) in [5.74, 6) is 0. The summed E-state index contributed by atoms with van der Waals surface area (Å²) in [5.41, 5.74) is 0.